The summed E-state index contributed by atoms with van der Waals surface area (Å²) in [6.45, 7) is 8.95. The molecule has 0 saturated carbocycles. The number of benzene rings is 1. The number of likely N-dealkylation sites (tertiary alicyclic amines) is 2. The Kier molecular flexibility index (Phi) is 5.54. The number of aryl methyl sites for hydroxylation is 2. The van der Waals surface area contributed by atoms with Crippen molar-refractivity contribution in [3.8, 4) is 0 Å². The van der Waals surface area contributed by atoms with E-state index in [4.69, 9.17) is 4.52 Å². The molecule has 0 radical (unpaired) electrons. The predicted molar refractivity (Wildman–Crippen MR) is 109 cm³/mol. The molecule has 4 rings (SSSR count). The maximum Gasteiger partial charge on any atom is 0.259 e. The van der Waals surface area contributed by atoms with Crippen molar-refractivity contribution in [2.75, 3.05) is 32.7 Å². The molecule has 28 heavy (non-hydrogen) atoms. The minimum atomic E-state index is 0.105. The van der Waals surface area contributed by atoms with E-state index in [0.29, 0.717) is 11.3 Å². The summed E-state index contributed by atoms with van der Waals surface area (Å²) in [6, 6.07) is 10.7. The lowest BCUT2D eigenvalue weighted by atomic mass is 9.79. The van der Waals surface area contributed by atoms with E-state index in [9.17, 15) is 4.79 Å². The van der Waals surface area contributed by atoms with Crippen LogP contribution in [0.4, 0.5) is 0 Å². The van der Waals surface area contributed by atoms with Gasteiger partial charge in [-0.3, -0.25) is 4.79 Å². The highest BCUT2D eigenvalue weighted by Crippen LogP contribution is 2.39. The van der Waals surface area contributed by atoms with E-state index in [1.807, 2.05) is 18.7 Å². The van der Waals surface area contributed by atoms with Crippen LogP contribution in [0, 0.1) is 12.3 Å². The van der Waals surface area contributed by atoms with E-state index >= 15 is 0 Å². The second-order valence-corrected chi connectivity index (χ2v) is 8.51. The van der Waals surface area contributed by atoms with E-state index in [1.165, 1.54) is 24.9 Å². The minimum absolute atomic E-state index is 0.105. The molecule has 2 aliphatic rings. The van der Waals surface area contributed by atoms with Crippen LogP contribution >= 0.6 is 0 Å². The first kappa shape index (κ1) is 19.2. The molecule has 0 aliphatic carbocycles. The van der Waals surface area contributed by atoms with Crippen molar-refractivity contribution in [2.45, 2.75) is 46.0 Å². The maximum atomic E-state index is 13.1. The second kappa shape index (κ2) is 8.08. The van der Waals surface area contributed by atoms with Gasteiger partial charge in [-0.1, -0.05) is 42.4 Å². The van der Waals surface area contributed by atoms with Crippen molar-refractivity contribution in [1.29, 1.82) is 0 Å². The van der Waals surface area contributed by atoms with Gasteiger partial charge in [0.2, 0.25) is 0 Å². The molecule has 2 fully saturated rings. The number of hydrogen-bond acceptors (Lipinski definition) is 4. The Balaban J connectivity index is 1.39. The van der Waals surface area contributed by atoms with Crippen LogP contribution in [0.2, 0.25) is 0 Å². The van der Waals surface area contributed by atoms with Gasteiger partial charge >= 0.3 is 0 Å². The number of piperidine rings is 1. The minimum Gasteiger partial charge on any atom is -0.361 e. The molecule has 1 atom stereocenters. The molecule has 1 aromatic carbocycles. The monoisotopic (exact) mass is 381 g/mol. The first-order valence-corrected chi connectivity index (χ1v) is 10.6. The molecule has 1 amide bonds. The van der Waals surface area contributed by atoms with E-state index in [0.717, 1.165) is 51.1 Å². The number of carbonyl (C=O) groups excluding carboxylic acids is 1. The van der Waals surface area contributed by atoms with Gasteiger partial charge in [-0.2, -0.15) is 0 Å². The summed E-state index contributed by atoms with van der Waals surface area (Å²) < 4.78 is 5.29. The van der Waals surface area contributed by atoms with E-state index < -0.39 is 0 Å². The van der Waals surface area contributed by atoms with Crippen molar-refractivity contribution in [3.05, 3.63) is 52.9 Å². The predicted octanol–water partition coefficient (Wildman–Crippen LogP) is 3.72. The average Bonchev–Trinajstić information content (AvgIpc) is 3.30. The highest BCUT2D eigenvalue weighted by Gasteiger charge is 2.43. The standard InChI is InChI=1S/C23H31N3O2/c1-3-20-21(18(2)28-24-20)22(27)26-15-12-23(17-26)11-7-13-25(16-23)14-10-19-8-5-4-6-9-19/h4-6,8-9H,3,7,10-17H2,1-2H3/t23-/m0/s1. The lowest BCUT2D eigenvalue weighted by Gasteiger charge is -2.40. The summed E-state index contributed by atoms with van der Waals surface area (Å²) in [7, 11) is 0. The Hall–Kier alpha value is -2.14. The Labute approximate surface area is 167 Å². The third kappa shape index (κ3) is 3.86. The van der Waals surface area contributed by atoms with Gasteiger partial charge in [0, 0.05) is 31.6 Å². The van der Waals surface area contributed by atoms with Crippen LogP contribution in [-0.4, -0.2) is 53.6 Å². The molecule has 2 aromatic rings. The molecule has 3 heterocycles. The third-order valence-electron chi connectivity index (χ3n) is 6.51. The van der Waals surface area contributed by atoms with Gasteiger partial charge in [-0.15, -0.1) is 0 Å². The molecule has 0 bridgehead atoms. The lowest BCUT2D eigenvalue weighted by Crippen LogP contribution is -2.46. The van der Waals surface area contributed by atoms with Crippen LogP contribution in [0.15, 0.2) is 34.9 Å². The van der Waals surface area contributed by atoms with Crippen molar-refractivity contribution >= 4 is 5.91 Å². The van der Waals surface area contributed by atoms with E-state index in [2.05, 4.69) is 40.4 Å². The van der Waals surface area contributed by atoms with Crippen LogP contribution in [0.25, 0.3) is 0 Å². The van der Waals surface area contributed by atoms with Gasteiger partial charge in [0.1, 0.15) is 11.3 Å². The highest BCUT2D eigenvalue weighted by molar-refractivity contribution is 5.96. The fourth-order valence-corrected chi connectivity index (χ4v) is 4.97. The number of hydrogen-bond donors (Lipinski definition) is 0. The van der Waals surface area contributed by atoms with Crippen molar-refractivity contribution in [1.82, 2.24) is 15.0 Å². The molecule has 150 valence electrons. The molecule has 1 aromatic heterocycles. The Morgan fingerprint density at radius 1 is 1.18 bits per heavy atom. The smallest absolute Gasteiger partial charge is 0.259 e. The molecule has 2 aliphatic heterocycles. The molecule has 1 spiro atoms. The average molecular weight is 382 g/mol. The first-order chi connectivity index (χ1) is 13.6. The summed E-state index contributed by atoms with van der Waals surface area (Å²) in [4.78, 5) is 17.8. The molecular weight excluding hydrogens is 350 g/mol. The fraction of sp³-hybridized carbons (Fsp3) is 0.565. The first-order valence-electron chi connectivity index (χ1n) is 10.6. The molecule has 5 heteroatoms. The van der Waals surface area contributed by atoms with Crippen molar-refractivity contribution in [3.63, 3.8) is 0 Å². The quantitative estimate of drug-likeness (QED) is 0.792. The molecule has 5 nitrogen and oxygen atoms in total. The summed E-state index contributed by atoms with van der Waals surface area (Å²) in [5.74, 6) is 0.754. The third-order valence-corrected chi connectivity index (χ3v) is 6.51. The number of rotatable bonds is 5. The Bertz CT molecular complexity index is 817. The molecule has 0 N–H and O–H groups in total. The number of nitrogens with zero attached hydrogens (tertiary/aromatic N) is 3. The second-order valence-electron chi connectivity index (χ2n) is 8.51. The zero-order valence-corrected chi connectivity index (χ0v) is 17.1. The zero-order chi connectivity index (χ0) is 19.6. The van der Waals surface area contributed by atoms with Crippen molar-refractivity contribution < 1.29 is 9.32 Å². The summed E-state index contributed by atoms with van der Waals surface area (Å²) in [5, 5.41) is 4.07. The van der Waals surface area contributed by atoms with Crippen LogP contribution in [0.5, 0.6) is 0 Å². The largest absolute Gasteiger partial charge is 0.361 e. The van der Waals surface area contributed by atoms with Crippen molar-refractivity contribution in [2.24, 2.45) is 5.41 Å². The molecule has 2 saturated heterocycles. The number of amides is 1. The van der Waals surface area contributed by atoms with E-state index in [1.54, 1.807) is 0 Å². The molecule has 0 unspecified atom stereocenters. The zero-order valence-electron chi connectivity index (χ0n) is 17.1. The lowest BCUT2D eigenvalue weighted by molar-refractivity contribution is 0.0690. The summed E-state index contributed by atoms with van der Waals surface area (Å²) in [5.41, 5.74) is 3.13. The SMILES string of the molecule is CCc1noc(C)c1C(=O)N1CC[C@]2(CCCN(CCc3ccccc3)C2)C1. The number of aromatic nitrogens is 1. The van der Waals surface area contributed by atoms with Crippen LogP contribution in [0.1, 0.15) is 53.6 Å². The molecular formula is C23H31N3O2. The van der Waals surface area contributed by atoms with E-state index in [-0.39, 0.29) is 11.3 Å². The van der Waals surface area contributed by atoms with Gasteiger partial charge in [-0.25, -0.2) is 0 Å². The summed E-state index contributed by atoms with van der Waals surface area (Å²) in [6.07, 6.45) is 5.38. The van der Waals surface area contributed by atoms with Crippen LogP contribution in [0.3, 0.4) is 0 Å². The van der Waals surface area contributed by atoms with Gasteiger partial charge in [0.15, 0.2) is 0 Å². The van der Waals surface area contributed by atoms with Crippen LogP contribution in [-0.2, 0) is 12.8 Å². The van der Waals surface area contributed by atoms with Crippen LogP contribution < -0.4 is 0 Å². The summed E-state index contributed by atoms with van der Waals surface area (Å²) >= 11 is 0. The topological polar surface area (TPSA) is 49.6 Å². The Morgan fingerprint density at radius 2 is 2.00 bits per heavy atom. The normalized spacial score (nSPS) is 22.9. The van der Waals surface area contributed by atoms with Gasteiger partial charge < -0.3 is 14.3 Å². The van der Waals surface area contributed by atoms with Gasteiger partial charge in [0.25, 0.3) is 5.91 Å². The maximum absolute atomic E-state index is 13.1. The van der Waals surface area contributed by atoms with Gasteiger partial charge in [0.05, 0.1) is 5.69 Å². The number of carbonyl (C=O) groups is 1. The fourth-order valence-electron chi connectivity index (χ4n) is 4.97. The van der Waals surface area contributed by atoms with Gasteiger partial charge in [-0.05, 0) is 51.1 Å². The Morgan fingerprint density at radius 3 is 2.79 bits per heavy atom. The highest BCUT2D eigenvalue weighted by atomic mass is 16.5.